The lowest BCUT2D eigenvalue weighted by Gasteiger charge is -2.22. The molecule has 7 heteroatoms. The number of nitrogens with zero attached hydrogens (tertiary/aromatic N) is 2. The van der Waals surface area contributed by atoms with Gasteiger partial charge in [0.1, 0.15) is 6.67 Å². The lowest BCUT2D eigenvalue weighted by atomic mass is 10.9. The number of alkyl halides is 3. The highest BCUT2D eigenvalue weighted by Crippen LogP contribution is 2.31. The van der Waals surface area contributed by atoms with E-state index in [1.807, 2.05) is 0 Å². The van der Waals surface area contributed by atoms with E-state index in [0.29, 0.717) is 0 Å². The van der Waals surface area contributed by atoms with Crippen molar-refractivity contribution in [2.45, 2.75) is 3.92 Å². The van der Waals surface area contributed by atoms with Crippen LogP contribution >= 0.6 is 34.8 Å². The third-order valence-corrected chi connectivity index (χ3v) is 1.54. The first kappa shape index (κ1) is 8.17. The molecule has 0 aromatic heterocycles. The number of halogens is 4. The molecule has 0 unspecified atom stereocenters. The largest absolute Gasteiger partial charge is 0.306 e. The van der Waals surface area contributed by atoms with E-state index in [2.05, 4.69) is 10.5 Å². The summed E-state index contributed by atoms with van der Waals surface area (Å²) in [4.78, 5) is 0.859. The number of amidine groups is 1. The minimum atomic E-state index is -1.77. The minimum Gasteiger partial charge on any atom is -0.286 e. The van der Waals surface area contributed by atoms with Gasteiger partial charge < -0.3 is 0 Å². The molecule has 0 atom stereocenters. The van der Waals surface area contributed by atoms with E-state index in [1.165, 1.54) is 0 Å². The Bertz CT molecular complexity index is 165. The first-order chi connectivity index (χ1) is 4.52. The van der Waals surface area contributed by atoms with Crippen LogP contribution in [-0.4, -0.2) is 21.6 Å². The second kappa shape index (κ2) is 2.60. The molecule has 0 radical (unpaired) electrons. The predicted molar refractivity (Wildman–Crippen MR) is 38.7 cm³/mol. The van der Waals surface area contributed by atoms with Crippen LogP contribution in [0.1, 0.15) is 0 Å². The first-order valence-electron chi connectivity index (χ1n) is 2.32. The SMILES string of the molecule is FC1=NNCN1C(Cl)(Cl)Cl. The molecular formula is C3H3Cl3FN3. The topological polar surface area (TPSA) is 27.6 Å². The van der Waals surface area contributed by atoms with Crippen molar-refractivity contribution in [1.29, 1.82) is 0 Å². The van der Waals surface area contributed by atoms with E-state index in [9.17, 15) is 4.39 Å². The van der Waals surface area contributed by atoms with Gasteiger partial charge in [-0.1, -0.05) is 34.8 Å². The van der Waals surface area contributed by atoms with Crippen LogP contribution < -0.4 is 5.43 Å². The summed E-state index contributed by atoms with van der Waals surface area (Å²) in [5.74, 6) is 0. The Morgan fingerprint density at radius 3 is 2.40 bits per heavy atom. The van der Waals surface area contributed by atoms with E-state index in [4.69, 9.17) is 34.8 Å². The molecule has 1 heterocycles. The van der Waals surface area contributed by atoms with Crippen LogP contribution in [0.25, 0.3) is 0 Å². The average molecular weight is 206 g/mol. The molecule has 0 saturated carbocycles. The highest BCUT2D eigenvalue weighted by molar-refractivity contribution is 6.67. The van der Waals surface area contributed by atoms with Crippen molar-refractivity contribution in [3.63, 3.8) is 0 Å². The van der Waals surface area contributed by atoms with Gasteiger partial charge in [-0.2, -0.15) is 4.39 Å². The van der Waals surface area contributed by atoms with Crippen molar-refractivity contribution >= 4 is 40.9 Å². The molecule has 0 saturated heterocycles. The fourth-order valence-electron chi connectivity index (χ4n) is 0.491. The Balaban J connectivity index is 2.67. The Morgan fingerprint density at radius 2 is 2.20 bits per heavy atom. The Hall–Kier alpha value is 0.0700. The predicted octanol–water partition coefficient (Wildman–Crippen LogP) is 1.42. The van der Waals surface area contributed by atoms with Crippen LogP contribution in [0.4, 0.5) is 4.39 Å². The first-order valence-corrected chi connectivity index (χ1v) is 3.45. The standard InChI is InChI=1S/C3H3Cl3FN3/c4-3(5,6)10-1-8-9-2(10)7/h8H,1H2. The Morgan fingerprint density at radius 1 is 1.60 bits per heavy atom. The number of rotatable bonds is 0. The number of nitrogens with one attached hydrogen (secondary N) is 1. The zero-order valence-corrected chi connectivity index (χ0v) is 6.88. The van der Waals surface area contributed by atoms with E-state index < -0.39 is 10.0 Å². The molecule has 0 aliphatic carbocycles. The van der Waals surface area contributed by atoms with E-state index in [-0.39, 0.29) is 6.67 Å². The third-order valence-electron chi connectivity index (χ3n) is 0.929. The molecular weight excluding hydrogens is 203 g/mol. The summed E-state index contributed by atoms with van der Waals surface area (Å²) >= 11 is 16.0. The maximum absolute atomic E-state index is 12.4. The van der Waals surface area contributed by atoms with Crippen LogP contribution in [0.5, 0.6) is 0 Å². The Labute approximate surface area is 71.7 Å². The van der Waals surface area contributed by atoms with Gasteiger partial charge in [0.05, 0.1) is 0 Å². The van der Waals surface area contributed by atoms with Crippen molar-refractivity contribution in [1.82, 2.24) is 10.3 Å². The van der Waals surface area contributed by atoms with Crippen molar-refractivity contribution in [2.75, 3.05) is 6.67 Å². The van der Waals surface area contributed by atoms with Crippen molar-refractivity contribution in [2.24, 2.45) is 5.10 Å². The highest BCUT2D eigenvalue weighted by atomic mass is 35.6. The molecule has 1 N–H and O–H groups in total. The molecule has 0 spiro atoms. The molecule has 0 aromatic rings. The zero-order chi connectivity index (χ0) is 7.78. The van der Waals surface area contributed by atoms with Crippen LogP contribution in [0.3, 0.4) is 0 Å². The molecule has 0 aromatic carbocycles. The lowest BCUT2D eigenvalue weighted by Crippen LogP contribution is -2.37. The smallest absolute Gasteiger partial charge is 0.286 e. The number of hydrogen-bond acceptors (Lipinski definition) is 3. The second-order valence-corrected chi connectivity index (χ2v) is 3.81. The molecule has 58 valence electrons. The molecule has 10 heavy (non-hydrogen) atoms. The summed E-state index contributed by atoms with van der Waals surface area (Å²) in [6.45, 7) is 0.0718. The summed E-state index contributed by atoms with van der Waals surface area (Å²) in [6.07, 6.45) is -0.819. The molecule has 3 nitrogen and oxygen atoms in total. The second-order valence-electron chi connectivity index (χ2n) is 1.59. The van der Waals surface area contributed by atoms with Crippen molar-refractivity contribution < 1.29 is 4.39 Å². The lowest BCUT2D eigenvalue weighted by molar-refractivity contribution is 0.400. The maximum atomic E-state index is 12.4. The fourth-order valence-corrected chi connectivity index (χ4v) is 0.880. The Kier molecular flexibility index (Phi) is 2.12. The third kappa shape index (κ3) is 1.56. The zero-order valence-electron chi connectivity index (χ0n) is 4.61. The highest BCUT2D eigenvalue weighted by Gasteiger charge is 2.35. The number of hydrogen-bond donors (Lipinski definition) is 1. The van der Waals surface area contributed by atoms with Crippen LogP contribution in [-0.2, 0) is 0 Å². The van der Waals surface area contributed by atoms with Gasteiger partial charge in [-0.05, 0) is 0 Å². The summed E-state index contributed by atoms with van der Waals surface area (Å²) in [7, 11) is 0. The average Bonchev–Trinajstić information content (AvgIpc) is 2.11. The molecule has 0 fully saturated rings. The van der Waals surface area contributed by atoms with Crippen LogP contribution in [0.2, 0.25) is 0 Å². The van der Waals surface area contributed by atoms with Gasteiger partial charge in [0.2, 0.25) is 0 Å². The van der Waals surface area contributed by atoms with Gasteiger partial charge in [-0.25, -0.2) is 0 Å². The van der Waals surface area contributed by atoms with Gasteiger partial charge >= 0.3 is 6.09 Å². The molecule has 0 amide bonds. The van der Waals surface area contributed by atoms with Crippen molar-refractivity contribution in [3.05, 3.63) is 0 Å². The van der Waals surface area contributed by atoms with Gasteiger partial charge in [-0.3, -0.25) is 10.3 Å². The van der Waals surface area contributed by atoms with Crippen LogP contribution in [0.15, 0.2) is 5.10 Å². The number of hydrazone groups is 1. The van der Waals surface area contributed by atoms with Gasteiger partial charge in [0.25, 0.3) is 3.92 Å². The quantitative estimate of drug-likeness (QED) is 0.479. The normalized spacial score (nSPS) is 18.8. The van der Waals surface area contributed by atoms with Crippen molar-refractivity contribution in [3.8, 4) is 0 Å². The van der Waals surface area contributed by atoms with Crippen LogP contribution in [0, 0.1) is 0 Å². The van der Waals surface area contributed by atoms with Gasteiger partial charge in [0, 0.05) is 0 Å². The molecule has 1 aliphatic rings. The molecule has 1 rings (SSSR count). The van der Waals surface area contributed by atoms with E-state index in [1.54, 1.807) is 0 Å². The van der Waals surface area contributed by atoms with Gasteiger partial charge in [0.15, 0.2) is 0 Å². The van der Waals surface area contributed by atoms with E-state index in [0.717, 1.165) is 4.90 Å². The van der Waals surface area contributed by atoms with E-state index >= 15 is 0 Å². The monoisotopic (exact) mass is 205 g/mol. The minimum absolute atomic E-state index is 0.0718. The summed E-state index contributed by atoms with van der Waals surface area (Å²) in [5.41, 5.74) is 2.31. The van der Waals surface area contributed by atoms with Gasteiger partial charge in [-0.15, -0.1) is 5.10 Å². The summed E-state index contributed by atoms with van der Waals surface area (Å²) in [6, 6.07) is 0. The maximum Gasteiger partial charge on any atom is 0.306 e. The fraction of sp³-hybridized carbons (Fsp3) is 0.667. The molecule has 1 aliphatic heterocycles. The molecule has 0 bridgehead atoms. The summed E-state index contributed by atoms with van der Waals surface area (Å²) in [5, 5.41) is 3.16. The summed E-state index contributed by atoms with van der Waals surface area (Å²) < 4.78 is 10.7.